The molecule has 18 heavy (non-hydrogen) atoms. The number of nitrogens with zero attached hydrogens (tertiary/aromatic N) is 2. The molecule has 6 heteroatoms. The van der Waals surface area contributed by atoms with Crippen molar-refractivity contribution in [1.29, 1.82) is 0 Å². The summed E-state index contributed by atoms with van der Waals surface area (Å²) < 4.78 is 18.1. The van der Waals surface area contributed by atoms with Crippen LogP contribution in [-0.4, -0.2) is 17.1 Å². The summed E-state index contributed by atoms with van der Waals surface area (Å²) in [4.78, 5) is 8.10. The first-order valence-corrected chi connectivity index (χ1v) is 5.84. The Kier molecular flexibility index (Phi) is 4.11. The Bertz CT molecular complexity index is 555. The largest absolute Gasteiger partial charge is 0.377 e. The van der Waals surface area contributed by atoms with Gasteiger partial charge in [-0.05, 0) is 17.7 Å². The van der Waals surface area contributed by atoms with Gasteiger partial charge in [0.15, 0.2) is 5.82 Å². The molecule has 2 rings (SSSR count). The monoisotopic (exact) mass is 286 g/mol. The molecule has 0 spiro atoms. The van der Waals surface area contributed by atoms with E-state index in [1.165, 1.54) is 19.2 Å². The number of hydrogen-bond acceptors (Lipinski definition) is 3. The molecule has 0 unspecified atom stereocenters. The Balaban J connectivity index is 2.51. The van der Waals surface area contributed by atoms with Gasteiger partial charge in [0.2, 0.25) is 0 Å². The van der Waals surface area contributed by atoms with Crippen LogP contribution in [0.25, 0.3) is 11.1 Å². The van der Waals surface area contributed by atoms with Gasteiger partial charge >= 0.3 is 0 Å². The lowest BCUT2D eigenvalue weighted by molar-refractivity contribution is 0.178. The molecule has 1 aromatic heterocycles. The highest BCUT2D eigenvalue weighted by Crippen LogP contribution is 2.32. The molecule has 94 valence electrons. The third kappa shape index (κ3) is 2.77. The predicted molar refractivity (Wildman–Crippen MR) is 68.2 cm³/mol. The Morgan fingerprint density at radius 2 is 1.89 bits per heavy atom. The summed E-state index contributed by atoms with van der Waals surface area (Å²) in [6, 6.07) is 5.92. The first kappa shape index (κ1) is 13.2. The van der Waals surface area contributed by atoms with E-state index < -0.39 is 0 Å². The maximum absolute atomic E-state index is 13.2. The van der Waals surface area contributed by atoms with Crippen molar-refractivity contribution < 1.29 is 9.13 Å². The number of ether oxygens (including phenoxy) is 1. The van der Waals surface area contributed by atoms with Crippen molar-refractivity contribution in [2.75, 3.05) is 7.11 Å². The molecular weight excluding hydrogens is 278 g/mol. The summed E-state index contributed by atoms with van der Waals surface area (Å²) in [6.45, 7) is 0.211. The van der Waals surface area contributed by atoms with Crippen molar-refractivity contribution in [3.8, 4) is 11.1 Å². The van der Waals surface area contributed by atoms with Crippen LogP contribution in [0.2, 0.25) is 10.3 Å². The van der Waals surface area contributed by atoms with Crippen LogP contribution in [0.15, 0.2) is 24.3 Å². The summed E-state index contributed by atoms with van der Waals surface area (Å²) in [7, 11) is 1.52. The van der Waals surface area contributed by atoms with Crippen LogP contribution in [-0.2, 0) is 11.3 Å². The molecule has 2 aromatic rings. The van der Waals surface area contributed by atoms with Gasteiger partial charge in [0.25, 0.3) is 0 Å². The lowest BCUT2D eigenvalue weighted by atomic mass is 10.1. The maximum atomic E-state index is 13.2. The molecule has 1 heterocycles. The molecule has 0 N–H and O–H groups in total. The van der Waals surface area contributed by atoms with Gasteiger partial charge in [-0.1, -0.05) is 35.3 Å². The Hall–Kier alpha value is -1.23. The molecule has 0 aliphatic carbocycles. The molecule has 0 bridgehead atoms. The summed E-state index contributed by atoms with van der Waals surface area (Å²) in [5.41, 5.74) is 0.951. The minimum atomic E-state index is -0.374. The third-order valence-corrected chi connectivity index (χ3v) is 2.80. The molecule has 0 atom stereocenters. The second kappa shape index (κ2) is 5.61. The first-order valence-electron chi connectivity index (χ1n) is 5.08. The van der Waals surface area contributed by atoms with E-state index in [2.05, 4.69) is 9.97 Å². The van der Waals surface area contributed by atoms with Crippen LogP contribution in [0.5, 0.6) is 0 Å². The molecule has 0 radical (unpaired) electrons. The smallest absolute Gasteiger partial charge is 0.157 e. The maximum Gasteiger partial charge on any atom is 0.157 e. The molecule has 0 amide bonds. The quantitative estimate of drug-likeness (QED) is 0.807. The molecule has 1 aromatic carbocycles. The molecule has 0 aliphatic heterocycles. The first-order chi connectivity index (χ1) is 8.61. The normalized spacial score (nSPS) is 10.7. The van der Waals surface area contributed by atoms with E-state index in [9.17, 15) is 4.39 Å². The van der Waals surface area contributed by atoms with Crippen LogP contribution in [0.3, 0.4) is 0 Å². The minimum Gasteiger partial charge on any atom is -0.377 e. The number of rotatable bonds is 3. The van der Waals surface area contributed by atoms with Crippen LogP contribution in [0, 0.1) is 5.82 Å². The molecule has 0 saturated heterocycles. The van der Waals surface area contributed by atoms with Gasteiger partial charge in [-0.15, -0.1) is 0 Å². The number of hydrogen-bond donors (Lipinski definition) is 0. The standard InChI is InChI=1S/C12H9Cl2FN2O/c1-18-6-9-16-11(13)10(12(14)17-9)7-3-2-4-8(15)5-7/h2-5H,6H2,1H3. The van der Waals surface area contributed by atoms with E-state index in [1.54, 1.807) is 12.1 Å². The minimum absolute atomic E-state index is 0.174. The molecule has 0 fully saturated rings. The zero-order valence-corrected chi connectivity index (χ0v) is 11.0. The average Bonchev–Trinajstić information content (AvgIpc) is 2.28. The van der Waals surface area contributed by atoms with Crippen LogP contribution in [0.1, 0.15) is 5.82 Å². The van der Waals surface area contributed by atoms with Gasteiger partial charge in [-0.3, -0.25) is 0 Å². The predicted octanol–water partition coefficient (Wildman–Crippen LogP) is 3.74. The van der Waals surface area contributed by atoms with Gasteiger partial charge in [0, 0.05) is 7.11 Å². The molecule has 0 aliphatic rings. The summed E-state index contributed by atoms with van der Waals surface area (Å²) in [5.74, 6) is 0.00764. The number of aromatic nitrogens is 2. The molecule has 0 saturated carbocycles. The van der Waals surface area contributed by atoms with Crippen molar-refractivity contribution >= 4 is 23.2 Å². The summed E-state index contributed by atoms with van der Waals surface area (Å²) in [5, 5.41) is 0.348. The number of benzene rings is 1. The average molecular weight is 287 g/mol. The van der Waals surface area contributed by atoms with Crippen molar-refractivity contribution in [2.24, 2.45) is 0 Å². The van der Waals surface area contributed by atoms with E-state index in [1.807, 2.05) is 0 Å². The number of halogens is 3. The van der Waals surface area contributed by atoms with E-state index >= 15 is 0 Å². The molecular formula is C12H9Cl2FN2O. The van der Waals surface area contributed by atoms with Gasteiger partial charge in [0.1, 0.15) is 22.7 Å². The van der Waals surface area contributed by atoms with Crippen LogP contribution < -0.4 is 0 Å². The van der Waals surface area contributed by atoms with Crippen molar-refractivity contribution in [3.63, 3.8) is 0 Å². The van der Waals surface area contributed by atoms with Gasteiger partial charge in [-0.2, -0.15) is 0 Å². The van der Waals surface area contributed by atoms with E-state index in [-0.39, 0.29) is 22.7 Å². The topological polar surface area (TPSA) is 35.0 Å². The van der Waals surface area contributed by atoms with Crippen LogP contribution in [0.4, 0.5) is 4.39 Å². The highest BCUT2D eigenvalue weighted by Gasteiger charge is 2.14. The Morgan fingerprint density at radius 3 is 2.44 bits per heavy atom. The second-order valence-electron chi connectivity index (χ2n) is 3.54. The van der Waals surface area contributed by atoms with E-state index in [4.69, 9.17) is 27.9 Å². The fourth-order valence-corrected chi connectivity index (χ4v) is 2.17. The fourth-order valence-electron chi connectivity index (χ4n) is 1.52. The third-order valence-electron chi connectivity index (χ3n) is 2.25. The van der Waals surface area contributed by atoms with Crippen molar-refractivity contribution in [3.05, 3.63) is 46.2 Å². The van der Waals surface area contributed by atoms with Crippen molar-refractivity contribution in [1.82, 2.24) is 9.97 Å². The lowest BCUT2D eigenvalue weighted by Crippen LogP contribution is -1.99. The fraction of sp³-hybridized carbons (Fsp3) is 0.167. The Labute approximate surface area is 114 Å². The van der Waals surface area contributed by atoms with Gasteiger partial charge in [-0.25, -0.2) is 14.4 Å². The van der Waals surface area contributed by atoms with E-state index in [0.29, 0.717) is 17.0 Å². The second-order valence-corrected chi connectivity index (χ2v) is 4.26. The van der Waals surface area contributed by atoms with Crippen molar-refractivity contribution in [2.45, 2.75) is 6.61 Å². The Morgan fingerprint density at radius 1 is 1.22 bits per heavy atom. The van der Waals surface area contributed by atoms with Gasteiger partial charge < -0.3 is 4.74 Å². The number of methoxy groups -OCH3 is 1. The highest BCUT2D eigenvalue weighted by atomic mass is 35.5. The van der Waals surface area contributed by atoms with Crippen LogP contribution >= 0.6 is 23.2 Å². The lowest BCUT2D eigenvalue weighted by Gasteiger charge is -2.08. The molecule has 3 nitrogen and oxygen atoms in total. The zero-order valence-electron chi connectivity index (χ0n) is 9.45. The zero-order chi connectivity index (χ0) is 13.1. The SMILES string of the molecule is COCc1nc(Cl)c(-c2cccc(F)c2)c(Cl)n1. The van der Waals surface area contributed by atoms with Gasteiger partial charge in [0.05, 0.1) is 5.56 Å². The van der Waals surface area contributed by atoms with E-state index in [0.717, 1.165) is 0 Å². The highest BCUT2D eigenvalue weighted by molar-refractivity contribution is 6.37. The summed E-state index contributed by atoms with van der Waals surface area (Å²) >= 11 is 12.1. The summed E-state index contributed by atoms with van der Waals surface area (Å²) in [6.07, 6.45) is 0.